The molecule has 6 nitrogen and oxygen atoms in total. The van der Waals surface area contributed by atoms with Gasteiger partial charge < -0.3 is 25.4 Å². The van der Waals surface area contributed by atoms with Crippen LogP contribution in [0.15, 0.2) is 12.2 Å². The SMILES string of the molecule is C=C(CC(O)C[C@@H](CCN)OC(C)(C)O)C(=O)OCC. The third kappa shape index (κ3) is 9.03. The van der Waals surface area contributed by atoms with Crippen LogP contribution in [0.3, 0.4) is 0 Å². The standard InChI is InChI=1S/C14H27NO5/c1-5-19-13(17)10(2)8-11(16)9-12(6-7-15)20-14(3,4)18/h11-12,16,18H,2,5-9,15H2,1,3-4H3/t11?,12-/m1/s1. The van der Waals surface area contributed by atoms with E-state index in [-0.39, 0.29) is 31.1 Å². The van der Waals surface area contributed by atoms with Gasteiger partial charge in [-0.15, -0.1) is 0 Å². The van der Waals surface area contributed by atoms with Crippen LogP contribution in [0.4, 0.5) is 0 Å². The number of hydrogen-bond donors (Lipinski definition) is 3. The zero-order chi connectivity index (χ0) is 15.8. The van der Waals surface area contributed by atoms with E-state index in [1.165, 1.54) is 13.8 Å². The van der Waals surface area contributed by atoms with Crippen LogP contribution in [0.1, 0.15) is 40.0 Å². The van der Waals surface area contributed by atoms with Crippen LogP contribution < -0.4 is 5.73 Å². The van der Waals surface area contributed by atoms with Crippen molar-refractivity contribution in [3.8, 4) is 0 Å². The minimum atomic E-state index is -1.29. The summed E-state index contributed by atoms with van der Waals surface area (Å²) in [4.78, 5) is 11.4. The predicted molar refractivity (Wildman–Crippen MR) is 75.9 cm³/mol. The quantitative estimate of drug-likeness (QED) is 0.311. The molecule has 0 amide bonds. The van der Waals surface area contributed by atoms with Crippen LogP contribution in [0.25, 0.3) is 0 Å². The monoisotopic (exact) mass is 289 g/mol. The Balaban J connectivity index is 4.35. The maximum absolute atomic E-state index is 11.4. The summed E-state index contributed by atoms with van der Waals surface area (Å²) < 4.78 is 10.2. The fourth-order valence-corrected chi connectivity index (χ4v) is 1.81. The highest BCUT2D eigenvalue weighted by atomic mass is 16.6. The lowest BCUT2D eigenvalue weighted by Gasteiger charge is -2.27. The molecule has 0 saturated carbocycles. The molecule has 0 aliphatic heterocycles. The van der Waals surface area contributed by atoms with E-state index in [1.54, 1.807) is 6.92 Å². The smallest absolute Gasteiger partial charge is 0.333 e. The summed E-state index contributed by atoms with van der Waals surface area (Å²) in [5.74, 6) is -1.80. The summed E-state index contributed by atoms with van der Waals surface area (Å²) in [6.45, 7) is 8.98. The Hall–Kier alpha value is -0.950. The van der Waals surface area contributed by atoms with Crippen LogP contribution in [0.5, 0.6) is 0 Å². The van der Waals surface area contributed by atoms with Crippen molar-refractivity contribution in [1.29, 1.82) is 0 Å². The van der Waals surface area contributed by atoms with Crippen LogP contribution in [-0.4, -0.2) is 47.3 Å². The van der Waals surface area contributed by atoms with Gasteiger partial charge in [0, 0.05) is 12.0 Å². The number of ether oxygens (including phenoxy) is 2. The number of hydrogen-bond acceptors (Lipinski definition) is 6. The van der Waals surface area contributed by atoms with E-state index in [0.29, 0.717) is 13.0 Å². The molecule has 0 heterocycles. The fraction of sp³-hybridized carbons (Fsp3) is 0.786. The van der Waals surface area contributed by atoms with Crippen LogP contribution >= 0.6 is 0 Å². The molecule has 0 aromatic carbocycles. The van der Waals surface area contributed by atoms with Crippen LogP contribution in [-0.2, 0) is 14.3 Å². The van der Waals surface area contributed by atoms with Gasteiger partial charge in [-0.1, -0.05) is 6.58 Å². The first-order chi connectivity index (χ1) is 9.19. The van der Waals surface area contributed by atoms with Crippen molar-refractivity contribution < 1.29 is 24.5 Å². The predicted octanol–water partition coefficient (Wildman–Crippen LogP) is 0.709. The number of aliphatic hydroxyl groups is 2. The maximum atomic E-state index is 11.4. The lowest BCUT2D eigenvalue weighted by molar-refractivity contribution is -0.211. The van der Waals surface area contributed by atoms with Gasteiger partial charge in [0.25, 0.3) is 0 Å². The third-order valence-corrected chi connectivity index (χ3v) is 2.52. The van der Waals surface area contributed by atoms with E-state index < -0.39 is 17.9 Å². The van der Waals surface area contributed by atoms with Gasteiger partial charge in [0.15, 0.2) is 5.79 Å². The van der Waals surface area contributed by atoms with Crippen molar-refractivity contribution >= 4 is 5.97 Å². The molecule has 118 valence electrons. The molecule has 20 heavy (non-hydrogen) atoms. The molecule has 0 spiro atoms. The van der Waals surface area contributed by atoms with Gasteiger partial charge in [0.05, 0.1) is 18.8 Å². The normalized spacial score (nSPS) is 14.7. The van der Waals surface area contributed by atoms with E-state index in [9.17, 15) is 15.0 Å². The second-order valence-corrected chi connectivity index (χ2v) is 5.18. The molecule has 1 unspecified atom stereocenters. The van der Waals surface area contributed by atoms with E-state index in [0.717, 1.165) is 0 Å². The van der Waals surface area contributed by atoms with Crippen molar-refractivity contribution in [2.24, 2.45) is 5.73 Å². The molecule has 0 saturated heterocycles. The zero-order valence-electron chi connectivity index (χ0n) is 12.6. The molecule has 2 atom stereocenters. The van der Waals surface area contributed by atoms with Gasteiger partial charge in [-0.25, -0.2) is 4.79 Å². The van der Waals surface area contributed by atoms with Crippen LogP contribution in [0.2, 0.25) is 0 Å². The first kappa shape index (κ1) is 19.1. The number of nitrogens with two attached hydrogens (primary N) is 1. The van der Waals surface area contributed by atoms with Crippen molar-refractivity contribution in [2.75, 3.05) is 13.2 Å². The average molecular weight is 289 g/mol. The molecule has 0 aromatic heterocycles. The Morgan fingerprint density at radius 3 is 2.50 bits per heavy atom. The van der Waals surface area contributed by atoms with Gasteiger partial charge in [-0.05, 0) is 40.2 Å². The second-order valence-electron chi connectivity index (χ2n) is 5.18. The number of esters is 1. The number of carbonyl (C=O) groups excluding carboxylic acids is 1. The highest BCUT2D eigenvalue weighted by Crippen LogP contribution is 2.18. The summed E-state index contributed by atoms with van der Waals surface area (Å²) in [6, 6.07) is 0. The molecule has 0 aliphatic rings. The van der Waals surface area contributed by atoms with E-state index in [1.807, 2.05) is 0 Å². The topological polar surface area (TPSA) is 102 Å². The first-order valence-corrected chi connectivity index (χ1v) is 6.82. The Labute approximate surface area is 120 Å². The molecule has 0 fully saturated rings. The number of carbonyl (C=O) groups is 1. The zero-order valence-corrected chi connectivity index (χ0v) is 12.6. The average Bonchev–Trinajstić information content (AvgIpc) is 2.26. The Bertz CT molecular complexity index is 311. The van der Waals surface area contributed by atoms with E-state index in [4.69, 9.17) is 15.2 Å². The first-order valence-electron chi connectivity index (χ1n) is 6.82. The van der Waals surface area contributed by atoms with Gasteiger partial charge >= 0.3 is 5.97 Å². The molecule has 6 heteroatoms. The van der Waals surface area contributed by atoms with Crippen molar-refractivity contribution in [3.63, 3.8) is 0 Å². The fourth-order valence-electron chi connectivity index (χ4n) is 1.81. The molecular formula is C14H27NO5. The van der Waals surface area contributed by atoms with Crippen molar-refractivity contribution in [3.05, 3.63) is 12.2 Å². The lowest BCUT2D eigenvalue weighted by atomic mass is 10.0. The van der Waals surface area contributed by atoms with Gasteiger partial charge in [-0.2, -0.15) is 0 Å². The molecular weight excluding hydrogens is 262 g/mol. The highest BCUT2D eigenvalue weighted by Gasteiger charge is 2.23. The minimum absolute atomic E-state index is 0.106. The minimum Gasteiger partial charge on any atom is -0.463 e. The van der Waals surface area contributed by atoms with Gasteiger partial charge in [0.2, 0.25) is 0 Å². The molecule has 0 aromatic rings. The summed E-state index contributed by atoms with van der Waals surface area (Å²) >= 11 is 0. The van der Waals surface area contributed by atoms with E-state index >= 15 is 0 Å². The third-order valence-electron chi connectivity index (χ3n) is 2.52. The maximum Gasteiger partial charge on any atom is 0.333 e. The largest absolute Gasteiger partial charge is 0.463 e. The highest BCUT2D eigenvalue weighted by molar-refractivity contribution is 5.87. The number of aliphatic hydroxyl groups excluding tert-OH is 1. The van der Waals surface area contributed by atoms with Gasteiger partial charge in [0.1, 0.15) is 0 Å². The Morgan fingerprint density at radius 2 is 2.05 bits per heavy atom. The molecule has 0 aliphatic carbocycles. The van der Waals surface area contributed by atoms with Crippen molar-refractivity contribution in [2.45, 2.75) is 58.0 Å². The molecule has 0 rings (SSSR count). The van der Waals surface area contributed by atoms with E-state index in [2.05, 4.69) is 6.58 Å². The Kier molecular flexibility index (Phi) is 8.64. The Morgan fingerprint density at radius 1 is 1.45 bits per heavy atom. The summed E-state index contributed by atoms with van der Waals surface area (Å²) in [5, 5.41) is 19.6. The lowest BCUT2D eigenvalue weighted by Crippen LogP contribution is -2.34. The summed E-state index contributed by atoms with van der Waals surface area (Å²) in [5.41, 5.74) is 5.69. The van der Waals surface area contributed by atoms with Crippen molar-refractivity contribution in [1.82, 2.24) is 0 Å². The molecule has 4 N–H and O–H groups in total. The van der Waals surface area contributed by atoms with Crippen LogP contribution in [0, 0.1) is 0 Å². The van der Waals surface area contributed by atoms with Gasteiger partial charge in [-0.3, -0.25) is 0 Å². The molecule has 0 bridgehead atoms. The summed E-state index contributed by atoms with van der Waals surface area (Å²) in [7, 11) is 0. The summed E-state index contributed by atoms with van der Waals surface area (Å²) in [6.07, 6.45) is -0.308. The second kappa shape index (κ2) is 9.07. The molecule has 0 radical (unpaired) electrons. The number of rotatable bonds is 10.